The molecule has 0 fully saturated rings. The van der Waals surface area contributed by atoms with Crippen molar-refractivity contribution in [2.75, 3.05) is 20.2 Å². The number of ether oxygens (including phenoxy) is 1. The fraction of sp³-hybridized carbons (Fsp3) is 0.577. The van der Waals surface area contributed by atoms with Gasteiger partial charge >= 0.3 is 5.97 Å². The minimum atomic E-state index is -3.95. The van der Waals surface area contributed by atoms with Crippen LogP contribution in [0.3, 0.4) is 0 Å². The summed E-state index contributed by atoms with van der Waals surface area (Å²) in [6.45, 7) is 5.21. The van der Waals surface area contributed by atoms with Gasteiger partial charge in [0.1, 0.15) is 0 Å². The van der Waals surface area contributed by atoms with Crippen LogP contribution in [0.5, 0.6) is 0 Å². The Hall–Kier alpha value is -2.08. The van der Waals surface area contributed by atoms with Gasteiger partial charge in [-0.05, 0) is 43.8 Å². The highest BCUT2D eigenvalue weighted by molar-refractivity contribution is 7.96. The number of rotatable bonds is 17. The van der Waals surface area contributed by atoms with Crippen molar-refractivity contribution in [1.82, 2.24) is 4.90 Å². The monoisotopic (exact) mass is 463 g/mol. The SMILES string of the molecule is CCCCCCCCCCCCOC(=O)C(=CC=CN(C)CC)S(=O)(=O)c1ccccc1. The highest BCUT2D eigenvalue weighted by atomic mass is 32.2. The Morgan fingerprint density at radius 2 is 1.47 bits per heavy atom. The Balaban J connectivity index is 2.57. The summed E-state index contributed by atoms with van der Waals surface area (Å²) < 4.78 is 31.3. The summed E-state index contributed by atoms with van der Waals surface area (Å²) >= 11 is 0. The average molecular weight is 464 g/mol. The van der Waals surface area contributed by atoms with E-state index < -0.39 is 15.8 Å². The van der Waals surface area contributed by atoms with Gasteiger partial charge in [-0.25, -0.2) is 13.2 Å². The standard InChI is InChI=1S/C26H41NO4S/c1-4-6-7-8-9-10-11-12-13-17-23-31-26(28)25(21-18-22-27(3)5-2)32(29,30)24-19-15-14-16-20-24/h14-16,18-22H,4-13,17,23H2,1-3H3. The lowest BCUT2D eigenvalue weighted by atomic mass is 10.1. The van der Waals surface area contributed by atoms with Gasteiger partial charge < -0.3 is 9.64 Å². The van der Waals surface area contributed by atoms with Crippen LogP contribution in [0.2, 0.25) is 0 Å². The number of carbonyl (C=O) groups excluding carboxylic acids is 1. The van der Waals surface area contributed by atoms with Crippen LogP contribution in [0, 0.1) is 0 Å². The molecule has 0 spiro atoms. The highest BCUT2D eigenvalue weighted by Crippen LogP contribution is 2.21. The normalized spacial score (nSPS) is 12.3. The third-order valence-electron chi connectivity index (χ3n) is 5.36. The van der Waals surface area contributed by atoms with Crippen LogP contribution in [0.4, 0.5) is 0 Å². The number of hydrogen-bond acceptors (Lipinski definition) is 5. The molecule has 0 aliphatic carbocycles. The topological polar surface area (TPSA) is 63.7 Å². The van der Waals surface area contributed by atoms with E-state index in [4.69, 9.17) is 4.74 Å². The maximum Gasteiger partial charge on any atom is 0.350 e. The molecule has 0 radical (unpaired) electrons. The molecular weight excluding hydrogens is 422 g/mol. The van der Waals surface area contributed by atoms with Crippen molar-refractivity contribution in [2.24, 2.45) is 0 Å². The lowest BCUT2D eigenvalue weighted by Gasteiger charge is -2.11. The van der Waals surface area contributed by atoms with Crippen molar-refractivity contribution in [3.05, 3.63) is 53.6 Å². The smallest absolute Gasteiger partial charge is 0.350 e. The van der Waals surface area contributed by atoms with Crippen LogP contribution in [0.25, 0.3) is 0 Å². The van der Waals surface area contributed by atoms with Gasteiger partial charge in [0.2, 0.25) is 9.84 Å². The number of unbranched alkanes of at least 4 members (excludes halogenated alkanes) is 9. The molecule has 180 valence electrons. The summed E-state index contributed by atoms with van der Waals surface area (Å²) in [5.41, 5.74) is 0. The zero-order valence-electron chi connectivity index (χ0n) is 20.1. The van der Waals surface area contributed by atoms with Crippen molar-refractivity contribution in [3.8, 4) is 0 Å². The molecule has 0 heterocycles. The van der Waals surface area contributed by atoms with Crippen molar-refractivity contribution in [2.45, 2.75) is 83.0 Å². The lowest BCUT2D eigenvalue weighted by molar-refractivity contribution is -0.138. The number of benzene rings is 1. The van der Waals surface area contributed by atoms with Crippen LogP contribution in [0.15, 0.2) is 58.5 Å². The molecular formula is C26H41NO4S. The molecule has 0 aliphatic rings. The molecule has 0 aliphatic heterocycles. The fourth-order valence-corrected chi connectivity index (χ4v) is 4.51. The first kappa shape index (κ1) is 28.0. The van der Waals surface area contributed by atoms with Crippen LogP contribution < -0.4 is 0 Å². The van der Waals surface area contributed by atoms with E-state index in [0.717, 1.165) is 25.8 Å². The summed E-state index contributed by atoms with van der Waals surface area (Å²) in [6.07, 6.45) is 16.5. The number of nitrogens with zero attached hydrogens (tertiary/aromatic N) is 1. The number of hydrogen-bond donors (Lipinski definition) is 0. The largest absolute Gasteiger partial charge is 0.462 e. The Morgan fingerprint density at radius 1 is 0.906 bits per heavy atom. The Bertz CT molecular complexity index is 800. The highest BCUT2D eigenvalue weighted by Gasteiger charge is 2.27. The van der Waals surface area contributed by atoms with Crippen LogP contribution in [-0.4, -0.2) is 39.5 Å². The van der Waals surface area contributed by atoms with Crippen LogP contribution in [-0.2, 0) is 19.4 Å². The second kappa shape index (κ2) is 16.5. The molecule has 0 amide bonds. The summed E-state index contributed by atoms with van der Waals surface area (Å²) in [4.78, 5) is 14.3. The van der Waals surface area contributed by atoms with E-state index in [1.165, 1.54) is 63.2 Å². The summed E-state index contributed by atoms with van der Waals surface area (Å²) in [5.74, 6) is -0.798. The first-order valence-electron chi connectivity index (χ1n) is 12.0. The minimum Gasteiger partial charge on any atom is -0.462 e. The molecule has 1 aromatic carbocycles. The first-order chi connectivity index (χ1) is 15.4. The van der Waals surface area contributed by atoms with E-state index in [2.05, 4.69) is 6.92 Å². The fourth-order valence-electron chi connectivity index (χ4n) is 3.20. The average Bonchev–Trinajstić information content (AvgIpc) is 2.80. The van der Waals surface area contributed by atoms with Gasteiger partial charge in [-0.1, -0.05) is 82.9 Å². The van der Waals surface area contributed by atoms with Gasteiger partial charge in [-0.2, -0.15) is 0 Å². The number of carbonyl (C=O) groups is 1. The third-order valence-corrected chi connectivity index (χ3v) is 7.14. The lowest BCUT2D eigenvalue weighted by Crippen LogP contribution is -2.17. The van der Waals surface area contributed by atoms with Crippen LogP contribution >= 0.6 is 0 Å². The summed E-state index contributed by atoms with van der Waals surface area (Å²) in [5, 5.41) is 0. The molecule has 0 unspecified atom stereocenters. The van der Waals surface area contributed by atoms with Crippen molar-refractivity contribution in [1.29, 1.82) is 0 Å². The summed E-state index contributed by atoms with van der Waals surface area (Å²) in [7, 11) is -2.08. The van der Waals surface area contributed by atoms with Gasteiger partial charge in [0, 0.05) is 13.6 Å². The minimum absolute atomic E-state index is 0.0828. The molecule has 0 saturated carbocycles. The third kappa shape index (κ3) is 11.0. The van der Waals surface area contributed by atoms with Crippen LogP contribution in [0.1, 0.15) is 78.1 Å². The predicted molar refractivity (Wildman–Crippen MR) is 132 cm³/mol. The van der Waals surface area contributed by atoms with E-state index in [-0.39, 0.29) is 16.4 Å². The van der Waals surface area contributed by atoms with Gasteiger partial charge in [0.15, 0.2) is 4.91 Å². The number of sulfone groups is 1. The molecule has 1 aromatic rings. The Kier molecular flexibility index (Phi) is 14.4. The quantitative estimate of drug-likeness (QED) is 0.118. The van der Waals surface area contributed by atoms with E-state index in [1.807, 2.05) is 18.9 Å². The second-order valence-corrected chi connectivity index (χ2v) is 10.00. The molecule has 32 heavy (non-hydrogen) atoms. The molecule has 0 atom stereocenters. The van der Waals surface area contributed by atoms with E-state index in [1.54, 1.807) is 30.5 Å². The Morgan fingerprint density at radius 3 is 2.03 bits per heavy atom. The van der Waals surface area contributed by atoms with Gasteiger partial charge in [-0.3, -0.25) is 0 Å². The molecule has 0 aromatic heterocycles. The maximum atomic E-state index is 13.0. The molecule has 1 rings (SSSR count). The van der Waals surface area contributed by atoms with Gasteiger partial charge in [-0.15, -0.1) is 0 Å². The second-order valence-electron chi connectivity index (χ2n) is 8.08. The molecule has 6 heteroatoms. The van der Waals surface area contributed by atoms with E-state index in [9.17, 15) is 13.2 Å². The molecule has 0 bridgehead atoms. The maximum absolute atomic E-state index is 13.0. The first-order valence-corrected chi connectivity index (χ1v) is 13.5. The van der Waals surface area contributed by atoms with Crippen molar-refractivity contribution >= 4 is 15.8 Å². The molecule has 5 nitrogen and oxygen atoms in total. The number of allylic oxidation sites excluding steroid dienone is 2. The van der Waals surface area contributed by atoms with Gasteiger partial charge in [0.05, 0.1) is 11.5 Å². The van der Waals surface area contributed by atoms with Gasteiger partial charge in [0.25, 0.3) is 0 Å². The zero-order chi connectivity index (χ0) is 23.7. The summed E-state index contributed by atoms with van der Waals surface area (Å²) in [6, 6.07) is 7.99. The Labute approximate surface area is 195 Å². The zero-order valence-corrected chi connectivity index (χ0v) is 20.9. The molecule has 0 saturated heterocycles. The van der Waals surface area contributed by atoms with Crippen molar-refractivity contribution < 1.29 is 17.9 Å². The van der Waals surface area contributed by atoms with Crippen molar-refractivity contribution in [3.63, 3.8) is 0 Å². The van der Waals surface area contributed by atoms with E-state index >= 15 is 0 Å². The number of esters is 1. The molecule has 0 N–H and O–H groups in total. The predicted octanol–water partition coefficient (Wildman–Crippen LogP) is 6.27. The van der Waals surface area contributed by atoms with E-state index in [0.29, 0.717) is 0 Å².